The van der Waals surface area contributed by atoms with Crippen LogP contribution in [0.1, 0.15) is 19.3 Å². The molecule has 0 bridgehead atoms. The highest BCUT2D eigenvalue weighted by Crippen LogP contribution is 1.89. The first kappa shape index (κ1) is 13.3. The van der Waals surface area contributed by atoms with Crippen LogP contribution in [0.4, 0.5) is 0 Å². The van der Waals surface area contributed by atoms with E-state index in [9.17, 15) is 13.2 Å². The third-order valence-corrected chi connectivity index (χ3v) is 2.31. The normalized spacial score (nSPS) is 11.3. The van der Waals surface area contributed by atoms with Crippen molar-refractivity contribution < 1.29 is 17.8 Å². The van der Waals surface area contributed by atoms with Crippen LogP contribution in [0, 0.1) is 0 Å². The average molecular weight is 224 g/mol. The summed E-state index contributed by atoms with van der Waals surface area (Å²) in [5.41, 5.74) is 5.20. The molecular formula is C7H16N2O4S. The molecule has 4 N–H and O–H groups in total. The van der Waals surface area contributed by atoms with E-state index in [4.69, 9.17) is 10.3 Å². The van der Waals surface area contributed by atoms with Crippen molar-refractivity contribution in [1.29, 1.82) is 0 Å². The Bertz CT molecular complexity index is 263. The van der Waals surface area contributed by atoms with Gasteiger partial charge in [0.05, 0.1) is 5.75 Å². The van der Waals surface area contributed by atoms with Crippen molar-refractivity contribution in [2.75, 3.05) is 18.8 Å². The zero-order chi connectivity index (χ0) is 11.0. The molecule has 0 unspecified atom stereocenters. The van der Waals surface area contributed by atoms with Gasteiger partial charge in [0.25, 0.3) is 10.1 Å². The Morgan fingerprint density at radius 2 is 2.00 bits per heavy atom. The molecule has 84 valence electrons. The van der Waals surface area contributed by atoms with E-state index in [1.54, 1.807) is 0 Å². The van der Waals surface area contributed by atoms with Gasteiger partial charge < -0.3 is 11.1 Å². The first-order valence-corrected chi connectivity index (χ1v) is 5.98. The molecule has 0 aliphatic heterocycles. The van der Waals surface area contributed by atoms with Crippen LogP contribution >= 0.6 is 0 Å². The Labute approximate surface area is 83.6 Å². The second kappa shape index (κ2) is 6.74. The highest BCUT2D eigenvalue weighted by molar-refractivity contribution is 7.85. The summed E-state index contributed by atoms with van der Waals surface area (Å²) in [5, 5.41) is 2.52. The summed E-state index contributed by atoms with van der Waals surface area (Å²) in [6.07, 6.45) is 1.18. The molecule has 0 aliphatic carbocycles. The van der Waals surface area contributed by atoms with Crippen molar-refractivity contribution in [2.24, 2.45) is 5.73 Å². The molecule has 0 aromatic rings. The monoisotopic (exact) mass is 224 g/mol. The number of carbonyl (C=O) groups excluding carboxylic acids is 1. The van der Waals surface area contributed by atoms with Gasteiger partial charge in [0.1, 0.15) is 0 Å². The molecule has 0 heterocycles. The minimum Gasteiger partial charge on any atom is -0.356 e. The van der Waals surface area contributed by atoms with Crippen LogP contribution in [0.3, 0.4) is 0 Å². The van der Waals surface area contributed by atoms with Crippen LogP contribution in [-0.2, 0) is 14.9 Å². The second-order valence-electron chi connectivity index (χ2n) is 2.88. The van der Waals surface area contributed by atoms with Gasteiger partial charge in [-0.15, -0.1) is 0 Å². The van der Waals surface area contributed by atoms with Gasteiger partial charge in [0, 0.05) is 13.0 Å². The van der Waals surface area contributed by atoms with Gasteiger partial charge in [-0.05, 0) is 19.4 Å². The Balaban J connectivity index is 3.41. The van der Waals surface area contributed by atoms with E-state index >= 15 is 0 Å². The van der Waals surface area contributed by atoms with E-state index in [1.807, 2.05) is 0 Å². The lowest BCUT2D eigenvalue weighted by Gasteiger charge is -2.03. The van der Waals surface area contributed by atoms with Gasteiger partial charge in [0.2, 0.25) is 5.91 Å². The minimum absolute atomic E-state index is 0.147. The quantitative estimate of drug-likeness (QED) is 0.384. The molecule has 0 radical (unpaired) electrons. The molecule has 0 spiro atoms. The smallest absolute Gasteiger partial charge is 0.264 e. The first-order chi connectivity index (χ1) is 6.45. The van der Waals surface area contributed by atoms with Crippen LogP contribution in [0.15, 0.2) is 0 Å². The summed E-state index contributed by atoms with van der Waals surface area (Å²) in [6, 6.07) is 0. The van der Waals surface area contributed by atoms with Crippen LogP contribution in [0.5, 0.6) is 0 Å². The summed E-state index contributed by atoms with van der Waals surface area (Å²) >= 11 is 0. The van der Waals surface area contributed by atoms with Gasteiger partial charge >= 0.3 is 0 Å². The van der Waals surface area contributed by atoms with E-state index < -0.39 is 10.1 Å². The van der Waals surface area contributed by atoms with Crippen molar-refractivity contribution in [3.05, 3.63) is 0 Å². The van der Waals surface area contributed by atoms with E-state index in [0.717, 1.165) is 0 Å². The van der Waals surface area contributed by atoms with E-state index in [1.165, 1.54) is 0 Å². The number of nitrogens with one attached hydrogen (secondary N) is 1. The van der Waals surface area contributed by atoms with Crippen molar-refractivity contribution >= 4 is 16.0 Å². The van der Waals surface area contributed by atoms with E-state index in [0.29, 0.717) is 19.4 Å². The molecule has 0 atom stereocenters. The predicted octanol–water partition coefficient (Wildman–Crippen LogP) is -0.881. The van der Waals surface area contributed by atoms with Gasteiger partial charge in [-0.1, -0.05) is 0 Å². The largest absolute Gasteiger partial charge is 0.356 e. The fraction of sp³-hybridized carbons (Fsp3) is 0.857. The molecule has 0 aliphatic rings. The topological polar surface area (TPSA) is 109 Å². The molecule has 6 nitrogen and oxygen atoms in total. The standard InChI is InChI=1S/C7H16N2O4S/c8-4-1-3-7(10)9-5-2-6-14(11,12)13/h1-6,8H2,(H,9,10)(H,11,12,13). The van der Waals surface area contributed by atoms with Gasteiger partial charge in [-0.3, -0.25) is 9.35 Å². The van der Waals surface area contributed by atoms with E-state index in [-0.39, 0.29) is 24.6 Å². The SMILES string of the molecule is NCCCC(=O)NCCCS(=O)(=O)O. The molecule has 0 saturated carbocycles. The van der Waals surface area contributed by atoms with Crippen molar-refractivity contribution in [3.8, 4) is 0 Å². The first-order valence-electron chi connectivity index (χ1n) is 4.37. The summed E-state index contributed by atoms with van der Waals surface area (Å²) in [5.74, 6) is -0.477. The van der Waals surface area contributed by atoms with Gasteiger partial charge in [-0.2, -0.15) is 8.42 Å². The van der Waals surface area contributed by atoms with Gasteiger partial charge in [-0.25, -0.2) is 0 Å². The zero-order valence-corrected chi connectivity index (χ0v) is 8.72. The molecular weight excluding hydrogens is 208 g/mol. The Morgan fingerprint density at radius 3 is 2.50 bits per heavy atom. The lowest BCUT2D eigenvalue weighted by atomic mass is 10.3. The Kier molecular flexibility index (Phi) is 6.43. The third-order valence-electron chi connectivity index (χ3n) is 1.51. The van der Waals surface area contributed by atoms with Crippen LogP contribution < -0.4 is 11.1 Å². The minimum atomic E-state index is -3.91. The number of hydrogen-bond donors (Lipinski definition) is 3. The maximum absolute atomic E-state index is 10.9. The number of nitrogens with two attached hydrogens (primary N) is 1. The summed E-state index contributed by atoms with van der Waals surface area (Å²) < 4.78 is 28.9. The number of rotatable bonds is 7. The fourth-order valence-corrected chi connectivity index (χ4v) is 1.34. The zero-order valence-electron chi connectivity index (χ0n) is 7.90. The molecule has 0 aromatic heterocycles. The van der Waals surface area contributed by atoms with Crippen molar-refractivity contribution in [2.45, 2.75) is 19.3 Å². The van der Waals surface area contributed by atoms with Crippen LogP contribution in [0.25, 0.3) is 0 Å². The second-order valence-corrected chi connectivity index (χ2v) is 4.45. The molecule has 0 fully saturated rings. The predicted molar refractivity (Wildman–Crippen MR) is 52.3 cm³/mol. The molecule has 14 heavy (non-hydrogen) atoms. The van der Waals surface area contributed by atoms with Crippen LogP contribution in [0.2, 0.25) is 0 Å². The number of hydrogen-bond acceptors (Lipinski definition) is 4. The molecule has 0 aromatic carbocycles. The fourth-order valence-electron chi connectivity index (χ4n) is 0.833. The number of amides is 1. The summed E-state index contributed by atoms with van der Waals surface area (Å²) in [4.78, 5) is 10.9. The highest BCUT2D eigenvalue weighted by Gasteiger charge is 2.04. The third kappa shape index (κ3) is 9.43. The highest BCUT2D eigenvalue weighted by atomic mass is 32.2. The maximum atomic E-state index is 10.9. The van der Waals surface area contributed by atoms with Crippen molar-refractivity contribution in [3.63, 3.8) is 0 Å². The van der Waals surface area contributed by atoms with E-state index in [2.05, 4.69) is 5.32 Å². The average Bonchev–Trinajstić information content (AvgIpc) is 2.07. The van der Waals surface area contributed by atoms with Gasteiger partial charge in [0.15, 0.2) is 0 Å². The molecule has 1 amide bonds. The lowest BCUT2D eigenvalue weighted by molar-refractivity contribution is -0.121. The lowest BCUT2D eigenvalue weighted by Crippen LogP contribution is -2.26. The molecule has 0 rings (SSSR count). The maximum Gasteiger partial charge on any atom is 0.264 e. The Morgan fingerprint density at radius 1 is 1.36 bits per heavy atom. The van der Waals surface area contributed by atoms with Crippen LogP contribution in [-0.4, -0.2) is 37.7 Å². The number of carbonyl (C=O) groups is 1. The Hall–Kier alpha value is -0.660. The summed E-state index contributed by atoms with van der Waals surface area (Å²) in [7, 11) is -3.91. The molecule has 0 saturated heterocycles. The van der Waals surface area contributed by atoms with Crippen molar-refractivity contribution in [1.82, 2.24) is 5.32 Å². The molecule has 7 heteroatoms. The summed E-state index contributed by atoms with van der Waals surface area (Å²) in [6.45, 7) is 0.710.